The zero-order valence-corrected chi connectivity index (χ0v) is 22.7. The summed E-state index contributed by atoms with van der Waals surface area (Å²) in [4.78, 5) is 41.0. The van der Waals surface area contributed by atoms with E-state index in [1.807, 2.05) is 30.3 Å². The fourth-order valence-corrected chi connectivity index (χ4v) is 5.19. The predicted molar refractivity (Wildman–Crippen MR) is 151 cm³/mol. The molecule has 2 fully saturated rings. The van der Waals surface area contributed by atoms with E-state index in [0.29, 0.717) is 61.9 Å². The second-order valence-electron chi connectivity index (χ2n) is 10.0. The molecule has 0 aliphatic carbocycles. The summed E-state index contributed by atoms with van der Waals surface area (Å²) in [5.41, 5.74) is 2.41. The standard InChI is InChI=1S/C31H31N3O7/c1-21-19-25(41-20-22-5-3-2-4-6-22)11-12-26(21)29(35)27-28(23-7-9-24(10-8-23)34(38)39)33(31(37)30(27)36)14-13-32-15-17-40-18-16-32/h2-12,19,28,35H,13-18,20H2,1H3/b29-27+/t28-/m0/s1. The Morgan fingerprint density at radius 3 is 2.39 bits per heavy atom. The second kappa shape index (κ2) is 12.3. The van der Waals surface area contributed by atoms with Crippen molar-refractivity contribution < 1.29 is 29.1 Å². The summed E-state index contributed by atoms with van der Waals surface area (Å²) in [5, 5.41) is 22.7. The molecule has 5 rings (SSSR count). The van der Waals surface area contributed by atoms with Gasteiger partial charge in [-0.1, -0.05) is 30.3 Å². The smallest absolute Gasteiger partial charge is 0.295 e. The highest BCUT2D eigenvalue weighted by molar-refractivity contribution is 6.46. The summed E-state index contributed by atoms with van der Waals surface area (Å²) >= 11 is 0. The van der Waals surface area contributed by atoms with E-state index in [1.54, 1.807) is 25.1 Å². The largest absolute Gasteiger partial charge is 0.507 e. The first kappa shape index (κ1) is 28.0. The summed E-state index contributed by atoms with van der Waals surface area (Å²) in [5.74, 6) is -1.21. The number of ketones is 1. The van der Waals surface area contributed by atoms with E-state index in [9.17, 15) is 24.8 Å². The average Bonchev–Trinajstić information content (AvgIpc) is 3.25. The Kier molecular flexibility index (Phi) is 8.42. The molecule has 2 aliphatic heterocycles. The highest BCUT2D eigenvalue weighted by Crippen LogP contribution is 2.40. The molecule has 212 valence electrons. The summed E-state index contributed by atoms with van der Waals surface area (Å²) < 4.78 is 11.3. The van der Waals surface area contributed by atoms with Crippen LogP contribution in [0.2, 0.25) is 0 Å². The van der Waals surface area contributed by atoms with Crippen molar-refractivity contribution in [3.63, 3.8) is 0 Å². The van der Waals surface area contributed by atoms with Gasteiger partial charge in [-0.2, -0.15) is 0 Å². The molecule has 1 amide bonds. The van der Waals surface area contributed by atoms with E-state index in [2.05, 4.69) is 4.90 Å². The molecule has 10 heteroatoms. The zero-order valence-electron chi connectivity index (χ0n) is 22.7. The minimum Gasteiger partial charge on any atom is -0.507 e. The molecule has 0 radical (unpaired) electrons. The van der Waals surface area contributed by atoms with Gasteiger partial charge in [-0.3, -0.25) is 24.6 Å². The molecule has 1 N–H and O–H groups in total. The SMILES string of the molecule is Cc1cc(OCc2ccccc2)ccc1/C(O)=C1\C(=O)C(=O)N(CCN2CCOCC2)[C@H]1c1ccc([N+](=O)[O-])cc1. The van der Waals surface area contributed by atoms with Crippen molar-refractivity contribution in [1.82, 2.24) is 9.80 Å². The van der Waals surface area contributed by atoms with Crippen LogP contribution < -0.4 is 4.74 Å². The molecule has 3 aromatic carbocycles. The van der Waals surface area contributed by atoms with Crippen LogP contribution in [0.3, 0.4) is 0 Å². The van der Waals surface area contributed by atoms with Crippen LogP contribution in [0.25, 0.3) is 5.76 Å². The third-order valence-corrected chi connectivity index (χ3v) is 7.42. The fourth-order valence-electron chi connectivity index (χ4n) is 5.19. The molecule has 0 aromatic heterocycles. The van der Waals surface area contributed by atoms with Gasteiger partial charge >= 0.3 is 0 Å². The number of benzene rings is 3. The first-order valence-electron chi connectivity index (χ1n) is 13.4. The summed E-state index contributed by atoms with van der Waals surface area (Å²) in [6.45, 7) is 5.54. The van der Waals surface area contributed by atoms with E-state index in [4.69, 9.17) is 9.47 Å². The molecular formula is C31H31N3O7. The Balaban J connectivity index is 1.47. The monoisotopic (exact) mass is 557 g/mol. The van der Waals surface area contributed by atoms with Crippen molar-refractivity contribution >= 4 is 23.1 Å². The van der Waals surface area contributed by atoms with Gasteiger partial charge in [-0.25, -0.2) is 0 Å². The molecule has 10 nitrogen and oxygen atoms in total. The number of Topliss-reactive ketones (excluding diaryl/α,β-unsaturated/α-hetero) is 1. The number of carbonyl (C=O) groups is 2. The number of hydrogen-bond acceptors (Lipinski definition) is 8. The van der Waals surface area contributed by atoms with Crippen LogP contribution in [-0.4, -0.2) is 70.9 Å². The zero-order chi connectivity index (χ0) is 28.9. The summed E-state index contributed by atoms with van der Waals surface area (Å²) in [6.07, 6.45) is 0. The number of rotatable bonds is 9. The maximum absolute atomic E-state index is 13.4. The lowest BCUT2D eigenvalue weighted by Gasteiger charge is -2.31. The Hall–Kier alpha value is -4.54. The Bertz CT molecular complexity index is 1460. The lowest BCUT2D eigenvalue weighted by molar-refractivity contribution is -0.384. The Labute approximate surface area is 237 Å². The maximum atomic E-state index is 13.4. The van der Waals surface area contributed by atoms with Crippen molar-refractivity contribution in [2.75, 3.05) is 39.4 Å². The molecule has 1 atom stereocenters. The number of ether oxygens (including phenoxy) is 2. The lowest BCUT2D eigenvalue weighted by Crippen LogP contribution is -2.42. The van der Waals surface area contributed by atoms with Crippen LogP contribution in [0, 0.1) is 17.0 Å². The van der Waals surface area contributed by atoms with Crippen LogP contribution in [0.4, 0.5) is 5.69 Å². The number of hydrogen-bond donors (Lipinski definition) is 1. The number of carbonyl (C=O) groups excluding carboxylic acids is 2. The molecule has 2 saturated heterocycles. The third kappa shape index (κ3) is 6.13. The highest BCUT2D eigenvalue weighted by Gasteiger charge is 2.46. The summed E-state index contributed by atoms with van der Waals surface area (Å²) in [7, 11) is 0. The molecule has 3 aromatic rings. The van der Waals surface area contributed by atoms with Gasteiger partial charge in [-0.05, 0) is 53.9 Å². The normalized spacial score (nSPS) is 19.0. The number of likely N-dealkylation sites (tertiary alicyclic amines) is 1. The number of non-ortho nitro benzene ring substituents is 1. The molecule has 2 aliphatic rings. The van der Waals surface area contributed by atoms with Gasteiger partial charge in [0.25, 0.3) is 17.4 Å². The lowest BCUT2D eigenvalue weighted by atomic mass is 9.93. The fraction of sp³-hybridized carbons (Fsp3) is 0.290. The number of morpholine rings is 1. The van der Waals surface area contributed by atoms with Crippen LogP contribution in [0.1, 0.15) is 28.3 Å². The topological polar surface area (TPSA) is 122 Å². The molecule has 0 saturated carbocycles. The number of aliphatic hydroxyl groups excluding tert-OH is 1. The maximum Gasteiger partial charge on any atom is 0.295 e. The van der Waals surface area contributed by atoms with E-state index in [0.717, 1.165) is 5.56 Å². The van der Waals surface area contributed by atoms with Crippen molar-refractivity contribution in [2.24, 2.45) is 0 Å². The Morgan fingerprint density at radius 1 is 1.02 bits per heavy atom. The second-order valence-corrected chi connectivity index (χ2v) is 10.0. The van der Waals surface area contributed by atoms with E-state index >= 15 is 0 Å². The molecule has 0 bridgehead atoms. The van der Waals surface area contributed by atoms with Crippen LogP contribution in [0.5, 0.6) is 5.75 Å². The minimum absolute atomic E-state index is 0.0492. The van der Waals surface area contributed by atoms with E-state index < -0.39 is 22.7 Å². The van der Waals surface area contributed by atoms with E-state index in [1.165, 1.54) is 29.2 Å². The van der Waals surface area contributed by atoms with E-state index in [-0.39, 0.29) is 23.6 Å². The third-order valence-electron chi connectivity index (χ3n) is 7.42. The average molecular weight is 558 g/mol. The number of amides is 1. The number of nitrogens with zero attached hydrogens (tertiary/aromatic N) is 3. The molecule has 0 spiro atoms. The van der Waals surface area contributed by atoms with Crippen molar-refractivity contribution in [3.05, 3.63) is 111 Å². The van der Waals surface area contributed by atoms with Crippen LogP contribution >= 0.6 is 0 Å². The first-order valence-corrected chi connectivity index (χ1v) is 13.4. The number of aryl methyl sites for hydroxylation is 1. The number of nitro groups is 1. The van der Waals surface area contributed by atoms with Gasteiger partial charge in [0.05, 0.1) is 29.8 Å². The number of aliphatic hydroxyl groups is 1. The number of nitro benzene ring substituents is 1. The van der Waals surface area contributed by atoms with Crippen molar-refractivity contribution in [1.29, 1.82) is 0 Å². The van der Waals surface area contributed by atoms with Gasteiger partial charge in [0.15, 0.2) is 0 Å². The molecule has 2 heterocycles. The first-order chi connectivity index (χ1) is 19.8. The molecule has 41 heavy (non-hydrogen) atoms. The van der Waals surface area contributed by atoms with Gasteiger partial charge in [0.2, 0.25) is 0 Å². The predicted octanol–water partition coefficient (Wildman–Crippen LogP) is 4.24. The highest BCUT2D eigenvalue weighted by atomic mass is 16.6. The van der Waals surface area contributed by atoms with Crippen LogP contribution in [0.15, 0.2) is 78.4 Å². The molecular weight excluding hydrogens is 526 g/mol. The minimum atomic E-state index is -0.898. The molecule has 0 unspecified atom stereocenters. The van der Waals surface area contributed by atoms with Crippen molar-refractivity contribution in [3.8, 4) is 5.75 Å². The van der Waals surface area contributed by atoms with Gasteiger partial charge in [0.1, 0.15) is 18.1 Å². The van der Waals surface area contributed by atoms with Gasteiger partial charge in [0, 0.05) is 43.9 Å². The quantitative estimate of drug-likeness (QED) is 0.136. The van der Waals surface area contributed by atoms with Gasteiger partial charge < -0.3 is 19.5 Å². The van der Waals surface area contributed by atoms with Crippen LogP contribution in [-0.2, 0) is 20.9 Å². The Morgan fingerprint density at radius 2 is 1.73 bits per heavy atom. The van der Waals surface area contributed by atoms with Gasteiger partial charge in [-0.15, -0.1) is 0 Å². The van der Waals surface area contributed by atoms with Crippen molar-refractivity contribution in [2.45, 2.75) is 19.6 Å². The summed E-state index contributed by atoms with van der Waals surface area (Å²) in [6, 6.07) is 19.7.